The van der Waals surface area contributed by atoms with Gasteiger partial charge in [0.15, 0.2) is 0 Å². The average molecular weight is 220 g/mol. The van der Waals surface area contributed by atoms with Crippen molar-refractivity contribution in [3.8, 4) is 0 Å². The molecule has 0 N–H and O–H groups in total. The molecule has 0 radical (unpaired) electrons. The number of hydrogen-bond donors (Lipinski definition) is 0. The standard InChI is InChI=1S/C11H22ClNO/c1-9-10(12)6-5-7-13(9)8-11(2,3)14-4/h9-10H,5-8H2,1-4H3. The highest BCUT2D eigenvalue weighted by molar-refractivity contribution is 6.21. The third kappa shape index (κ3) is 3.11. The van der Waals surface area contributed by atoms with E-state index < -0.39 is 0 Å². The van der Waals surface area contributed by atoms with Crippen LogP contribution in [0.5, 0.6) is 0 Å². The maximum Gasteiger partial charge on any atom is 0.0749 e. The van der Waals surface area contributed by atoms with Crippen molar-refractivity contribution < 1.29 is 4.74 Å². The molecule has 0 aromatic heterocycles. The molecule has 2 atom stereocenters. The summed E-state index contributed by atoms with van der Waals surface area (Å²) in [7, 11) is 1.77. The molecule has 0 aliphatic carbocycles. The zero-order valence-electron chi connectivity index (χ0n) is 9.72. The van der Waals surface area contributed by atoms with Crippen molar-refractivity contribution in [2.75, 3.05) is 20.2 Å². The number of alkyl halides is 1. The van der Waals surface area contributed by atoms with E-state index in [1.54, 1.807) is 7.11 Å². The van der Waals surface area contributed by atoms with Crippen LogP contribution in [0.15, 0.2) is 0 Å². The second-order valence-electron chi connectivity index (χ2n) is 4.83. The number of methoxy groups -OCH3 is 1. The van der Waals surface area contributed by atoms with Gasteiger partial charge >= 0.3 is 0 Å². The third-order valence-electron chi connectivity index (χ3n) is 3.16. The van der Waals surface area contributed by atoms with Gasteiger partial charge in [-0.1, -0.05) is 0 Å². The topological polar surface area (TPSA) is 12.5 Å². The summed E-state index contributed by atoms with van der Waals surface area (Å²) in [5.41, 5.74) is -0.0673. The van der Waals surface area contributed by atoms with Gasteiger partial charge in [0.05, 0.1) is 5.60 Å². The number of halogens is 1. The van der Waals surface area contributed by atoms with Gasteiger partial charge in [-0.15, -0.1) is 11.6 Å². The SMILES string of the molecule is COC(C)(C)CN1CCCC(Cl)C1C. The molecule has 0 aromatic carbocycles. The number of rotatable bonds is 3. The Hall–Kier alpha value is 0.210. The highest BCUT2D eigenvalue weighted by Gasteiger charge is 2.30. The Bertz CT molecular complexity index is 184. The molecule has 14 heavy (non-hydrogen) atoms. The van der Waals surface area contributed by atoms with Gasteiger partial charge in [-0.2, -0.15) is 0 Å². The lowest BCUT2D eigenvalue weighted by Crippen LogP contribution is -2.50. The second-order valence-corrected chi connectivity index (χ2v) is 5.39. The molecule has 1 fully saturated rings. The normalized spacial score (nSPS) is 30.6. The van der Waals surface area contributed by atoms with Crippen LogP contribution < -0.4 is 0 Å². The van der Waals surface area contributed by atoms with Crippen LogP contribution in [0.25, 0.3) is 0 Å². The molecular formula is C11H22ClNO. The first kappa shape index (κ1) is 12.3. The van der Waals surface area contributed by atoms with Gasteiger partial charge in [0.2, 0.25) is 0 Å². The number of ether oxygens (including phenoxy) is 1. The highest BCUT2D eigenvalue weighted by atomic mass is 35.5. The third-order valence-corrected chi connectivity index (χ3v) is 3.74. The van der Waals surface area contributed by atoms with Crippen LogP contribution in [0, 0.1) is 0 Å². The van der Waals surface area contributed by atoms with Crippen LogP contribution in [0.4, 0.5) is 0 Å². The quantitative estimate of drug-likeness (QED) is 0.677. The van der Waals surface area contributed by atoms with Crippen molar-refractivity contribution >= 4 is 11.6 Å². The van der Waals surface area contributed by atoms with Crippen LogP contribution in [0.2, 0.25) is 0 Å². The van der Waals surface area contributed by atoms with E-state index in [1.165, 1.54) is 6.42 Å². The molecule has 0 aromatic rings. The average Bonchev–Trinajstić information content (AvgIpc) is 2.13. The highest BCUT2D eigenvalue weighted by Crippen LogP contribution is 2.24. The summed E-state index contributed by atoms with van der Waals surface area (Å²) >= 11 is 6.25. The zero-order valence-corrected chi connectivity index (χ0v) is 10.5. The number of likely N-dealkylation sites (tertiary alicyclic amines) is 1. The van der Waals surface area contributed by atoms with Crippen LogP contribution in [-0.2, 0) is 4.74 Å². The molecule has 1 rings (SSSR count). The van der Waals surface area contributed by atoms with Gasteiger partial charge in [-0.25, -0.2) is 0 Å². The summed E-state index contributed by atoms with van der Waals surface area (Å²) in [6.07, 6.45) is 2.35. The van der Waals surface area contributed by atoms with Gasteiger partial charge in [-0.3, -0.25) is 4.90 Å². The smallest absolute Gasteiger partial charge is 0.0749 e. The molecule has 0 saturated carbocycles. The Morgan fingerprint density at radius 2 is 2.14 bits per heavy atom. The van der Waals surface area contributed by atoms with E-state index in [-0.39, 0.29) is 5.60 Å². The minimum absolute atomic E-state index is 0.0673. The molecule has 1 aliphatic heterocycles. The first-order chi connectivity index (χ1) is 6.46. The fraction of sp³-hybridized carbons (Fsp3) is 1.00. The van der Waals surface area contributed by atoms with Gasteiger partial charge in [0.25, 0.3) is 0 Å². The predicted octanol–water partition coefficient (Wildman–Crippen LogP) is 2.50. The fourth-order valence-electron chi connectivity index (χ4n) is 1.94. The molecule has 1 saturated heterocycles. The van der Waals surface area contributed by atoms with Crippen molar-refractivity contribution in [3.05, 3.63) is 0 Å². The van der Waals surface area contributed by atoms with E-state index in [9.17, 15) is 0 Å². The summed E-state index contributed by atoms with van der Waals surface area (Å²) in [6.45, 7) is 8.57. The van der Waals surface area contributed by atoms with Gasteiger partial charge in [0, 0.05) is 25.1 Å². The molecule has 1 aliphatic rings. The lowest BCUT2D eigenvalue weighted by molar-refractivity contribution is -0.0216. The Balaban J connectivity index is 2.51. The van der Waals surface area contributed by atoms with Crippen molar-refractivity contribution in [2.45, 2.75) is 50.6 Å². The largest absolute Gasteiger partial charge is 0.377 e. The first-order valence-corrected chi connectivity index (χ1v) is 5.83. The number of piperidine rings is 1. The molecule has 2 nitrogen and oxygen atoms in total. The Morgan fingerprint density at radius 1 is 1.50 bits per heavy atom. The molecule has 0 amide bonds. The molecule has 1 heterocycles. The Kier molecular flexibility index (Phi) is 4.23. The van der Waals surface area contributed by atoms with Crippen LogP contribution >= 0.6 is 11.6 Å². The van der Waals surface area contributed by atoms with E-state index in [1.807, 2.05) is 0 Å². The minimum atomic E-state index is -0.0673. The molecular weight excluding hydrogens is 198 g/mol. The Morgan fingerprint density at radius 3 is 2.71 bits per heavy atom. The Labute approximate surface area is 92.6 Å². The van der Waals surface area contributed by atoms with E-state index >= 15 is 0 Å². The van der Waals surface area contributed by atoms with Crippen molar-refractivity contribution in [1.29, 1.82) is 0 Å². The maximum atomic E-state index is 6.25. The van der Waals surface area contributed by atoms with Gasteiger partial charge in [-0.05, 0) is 40.2 Å². The molecule has 0 bridgehead atoms. The summed E-state index contributed by atoms with van der Waals surface area (Å²) in [4.78, 5) is 2.44. The summed E-state index contributed by atoms with van der Waals surface area (Å²) < 4.78 is 5.44. The zero-order chi connectivity index (χ0) is 10.8. The van der Waals surface area contributed by atoms with Crippen LogP contribution in [-0.4, -0.2) is 42.1 Å². The first-order valence-electron chi connectivity index (χ1n) is 5.39. The molecule has 0 spiro atoms. The van der Waals surface area contributed by atoms with Crippen LogP contribution in [0.1, 0.15) is 33.6 Å². The lowest BCUT2D eigenvalue weighted by Gasteiger charge is -2.40. The lowest BCUT2D eigenvalue weighted by atomic mass is 10.00. The van der Waals surface area contributed by atoms with E-state index in [0.29, 0.717) is 11.4 Å². The number of hydrogen-bond acceptors (Lipinski definition) is 2. The van der Waals surface area contributed by atoms with Crippen molar-refractivity contribution in [3.63, 3.8) is 0 Å². The van der Waals surface area contributed by atoms with E-state index in [0.717, 1.165) is 19.5 Å². The summed E-state index contributed by atoms with van der Waals surface area (Å²) in [5, 5.41) is 0.302. The van der Waals surface area contributed by atoms with E-state index in [4.69, 9.17) is 16.3 Å². The van der Waals surface area contributed by atoms with Crippen LogP contribution in [0.3, 0.4) is 0 Å². The molecule has 3 heteroatoms. The molecule has 84 valence electrons. The summed E-state index contributed by atoms with van der Waals surface area (Å²) in [6, 6.07) is 0.472. The summed E-state index contributed by atoms with van der Waals surface area (Å²) in [5.74, 6) is 0. The molecule has 2 unspecified atom stereocenters. The van der Waals surface area contributed by atoms with Gasteiger partial charge in [0.1, 0.15) is 0 Å². The van der Waals surface area contributed by atoms with E-state index in [2.05, 4.69) is 25.7 Å². The van der Waals surface area contributed by atoms with Crippen molar-refractivity contribution in [2.24, 2.45) is 0 Å². The van der Waals surface area contributed by atoms with Crippen molar-refractivity contribution in [1.82, 2.24) is 4.90 Å². The predicted molar refractivity (Wildman–Crippen MR) is 61.0 cm³/mol. The van der Waals surface area contributed by atoms with Gasteiger partial charge < -0.3 is 4.74 Å². The number of nitrogens with zero attached hydrogens (tertiary/aromatic N) is 1. The maximum absolute atomic E-state index is 6.25. The second kappa shape index (κ2) is 4.82. The monoisotopic (exact) mass is 219 g/mol. The minimum Gasteiger partial charge on any atom is -0.377 e. The fourth-order valence-corrected chi connectivity index (χ4v) is 2.25.